The first kappa shape index (κ1) is 18.3. The topological polar surface area (TPSA) is 73.9 Å². The normalized spacial score (nSPS) is 12.6. The fraction of sp³-hybridized carbons (Fsp3) is 0.263. The molecule has 132 valence electrons. The summed E-state index contributed by atoms with van der Waals surface area (Å²) < 4.78 is 15.2. The van der Waals surface area contributed by atoms with E-state index in [1.54, 1.807) is 62.6 Å². The average Bonchev–Trinajstić information content (AvgIpc) is 2.66. The summed E-state index contributed by atoms with van der Waals surface area (Å²) in [5, 5.41) is 3.02. The van der Waals surface area contributed by atoms with Crippen molar-refractivity contribution in [3.05, 3.63) is 60.2 Å². The summed E-state index contributed by atoms with van der Waals surface area (Å²) in [6.45, 7) is 1.66. The molecule has 25 heavy (non-hydrogen) atoms. The van der Waals surface area contributed by atoms with Crippen LogP contribution in [-0.2, 0) is 19.1 Å². The summed E-state index contributed by atoms with van der Waals surface area (Å²) in [5.74, 6) is -0.470. The predicted molar refractivity (Wildman–Crippen MR) is 93.4 cm³/mol. The van der Waals surface area contributed by atoms with E-state index in [2.05, 4.69) is 5.32 Å². The minimum absolute atomic E-state index is 0.555. The van der Waals surface area contributed by atoms with Crippen molar-refractivity contribution in [2.24, 2.45) is 0 Å². The number of hydrogen-bond acceptors (Lipinski definition) is 6. The van der Waals surface area contributed by atoms with Gasteiger partial charge in [0.1, 0.15) is 11.8 Å². The number of rotatable bonds is 7. The summed E-state index contributed by atoms with van der Waals surface area (Å²) >= 11 is 0. The predicted octanol–water partition coefficient (Wildman–Crippen LogP) is 2.95. The first-order chi connectivity index (χ1) is 12.0. The Balaban J connectivity index is 2.05. The molecule has 0 aliphatic carbocycles. The Labute approximate surface area is 146 Å². The number of carbonyl (C=O) groups excluding carboxylic acids is 2. The van der Waals surface area contributed by atoms with Crippen LogP contribution >= 0.6 is 0 Å². The molecule has 0 amide bonds. The smallest absolute Gasteiger partial charge is 0.351 e. The van der Waals surface area contributed by atoms with Gasteiger partial charge in [0.15, 0.2) is 0 Å². The first-order valence-electron chi connectivity index (χ1n) is 7.79. The third-order valence-corrected chi connectivity index (χ3v) is 3.58. The van der Waals surface area contributed by atoms with Crippen LogP contribution in [0.2, 0.25) is 0 Å². The maximum absolute atomic E-state index is 12.4. The van der Waals surface area contributed by atoms with Gasteiger partial charge in [0, 0.05) is 11.3 Å². The number of carbonyl (C=O) groups is 2. The second-order valence-electron chi connectivity index (χ2n) is 5.35. The molecule has 0 bridgehead atoms. The van der Waals surface area contributed by atoms with Crippen LogP contribution in [-0.4, -0.2) is 32.2 Å². The van der Waals surface area contributed by atoms with E-state index in [-0.39, 0.29) is 0 Å². The highest BCUT2D eigenvalue weighted by Crippen LogP contribution is 2.21. The van der Waals surface area contributed by atoms with Gasteiger partial charge in [0.2, 0.25) is 6.10 Å². The van der Waals surface area contributed by atoms with Crippen LogP contribution in [0.3, 0.4) is 0 Å². The van der Waals surface area contributed by atoms with Crippen molar-refractivity contribution in [2.45, 2.75) is 19.1 Å². The minimum atomic E-state index is -1.10. The minimum Gasteiger partial charge on any atom is -0.497 e. The zero-order valence-electron chi connectivity index (χ0n) is 14.4. The van der Waals surface area contributed by atoms with Crippen molar-refractivity contribution >= 4 is 17.6 Å². The molecule has 2 aromatic carbocycles. The molecule has 2 rings (SSSR count). The molecular weight excluding hydrogens is 322 g/mol. The summed E-state index contributed by atoms with van der Waals surface area (Å²) in [7, 11) is 2.84. The standard InChI is InChI=1S/C19H21NO5/c1-13(20-15-9-11-16(23-2)12-10-15)18(21)25-17(19(22)24-3)14-7-5-4-6-8-14/h4-13,17,20H,1-3H3/t13-,17+/m1/s1. The van der Waals surface area contributed by atoms with Crippen LogP contribution < -0.4 is 10.1 Å². The number of methoxy groups -OCH3 is 2. The number of nitrogens with one attached hydrogen (secondary N) is 1. The molecule has 6 heteroatoms. The molecule has 2 aromatic rings. The van der Waals surface area contributed by atoms with Crippen molar-refractivity contribution in [1.29, 1.82) is 0 Å². The fourth-order valence-corrected chi connectivity index (χ4v) is 2.20. The van der Waals surface area contributed by atoms with Gasteiger partial charge in [-0.3, -0.25) is 0 Å². The second-order valence-corrected chi connectivity index (χ2v) is 5.35. The van der Waals surface area contributed by atoms with E-state index in [9.17, 15) is 9.59 Å². The van der Waals surface area contributed by atoms with E-state index >= 15 is 0 Å². The zero-order valence-corrected chi connectivity index (χ0v) is 14.4. The molecule has 0 spiro atoms. The first-order valence-corrected chi connectivity index (χ1v) is 7.79. The van der Waals surface area contributed by atoms with E-state index in [0.717, 1.165) is 11.4 Å². The Kier molecular flexibility index (Phi) is 6.39. The van der Waals surface area contributed by atoms with Crippen molar-refractivity contribution in [1.82, 2.24) is 0 Å². The number of anilines is 1. The third-order valence-electron chi connectivity index (χ3n) is 3.58. The van der Waals surface area contributed by atoms with Gasteiger partial charge in [-0.05, 0) is 31.2 Å². The van der Waals surface area contributed by atoms with E-state index in [1.807, 2.05) is 6.07 Å². The summed E-state index contributed by atoms with van der Waals surface area (Å²) in [6.07, 6.45) is -1.10. The Morgan fingerprint density at radius 3 is 2.12 bits per heavy atom. The van der Waals surface area contributed by atoms with Crippen LogP contribution in [0.4, 0.5) is 5.69 Å². The molecule has 6 nitrogen and oxygen atoms in total. The molecule has 2 atom stereocenters. The highest BCUT2D eigenvalue weighted by Gasteiger charge is 2.28. The number of esters is 2. The molecular formula is C19H21NO5. The summed E-state index contributed by atoms with van der Waals surface area (Å²) in [6, 6.07) is 15.2. The fourth-order valence-electron chi connectivity index (χ4n) is 2.20. The molecule has 0 aromatic heterocycles. The number of hydrogen-bond donors (Lipinski definition) is 1. The lowest BCUT2D eigenvalue weighted by atomic mass is 10.1. The number of ether oxygens (including phenoxy) is 3. The maximum Gasteiger partial charge on any atom is 0.351 e. The quantitative estimate of drug-likeness (QED) is 0.779. The molecule has 0 aliphatic rings. The Hall–Kier alpha value is -3.02. The van der Waals surface area contributed by atoms with E-state index < -0.39 is 24.1 Å². The average molecular weight is 343 g/mol. The molecule has 1 N–H and O–H groups in total. The van der Waals surface area contributed by atoms with Crippen LogP contribution in [0.1, 0.15) is 18.6 Å². The van der Waals surface area contributed by atoms with E-state index in [0.29, 0.717) is 5.56 Å². The Morgan fingerprint density at radius 1 is 0.920 bits per heavy atom. The van der Waals surface area contributed by atoms with Gasteiger partial charge in [-0.1, -0.05) is 30.3 Å². The molecule has 0 unspecified atom stereocenters. The van der Waals surface area contributed by atoms with Crippen LogP contribution in [0.25, 0.3) is 0 Å². The third kappa shape index (κ3) is 4.97. The zero-order chi connectivity index (χ0) is 18.2. The molecule has 0 fully saturated rings. The monoisotopic (exact) mass is 343 g/mol. The number of benzene rings is 2. The maximum atomic E-state index is 12.4. The van der Waals surface area contributed by atoms with Crippen LogP contribution in [0.15, 0.2) is 54.6 Å². The lowest BCUT2D eigenvalue weighted by molar-refractivity contribution is -0.167. The van der Waals surface area contributed by atoms with Gasteiger partial charge in [0.05, 0.1) is 14.2 Å². The highest BCUT2D eigenvalue weighted by atomic mass is 16.6. The Bertz CT molecular complexity index is 700. The lowest BCUT2D eigenvalue weighted by Gasteiger charge is -2.20. The van der Waals surface area contributed by atoms with Gasteiger partial charge < -0.3 is 19.5 Å². The van der Waals surface area contributed by atoms with E-state index in [1.165, 1.54) is 7.11 Å². The van der Waals surface area contributed by atoms with Gasteiger partial charge in [-0.25, -0.2) is 9.59 Å². The lowest BCUT2D eigenvalue weighted by Crippen LogP contribution is -2.31. The van der Waals surface area contributed by atoms with E-state index in [4.69, 9.17) is 14.2 Å². The Morgan fingerprint density at radius 2 is 1.56 bits per heavy atom. The molecule has 0 saturated heterocycles. The van der Waals surface area contributed by atoms with Gasteiger partial charge in [0.25, 0.3) is 0 Å². The largest absolute Gasteiger partial charge is 0.497 e. The molecule has 0 saturated carbocycles. The van der Waals surface area contributed by atoms with Gasteiger partial charge >= 0.3 is 11.9 Å². The molecule has 0 radical (unpaired) electrons. The van der Waals surface area contributed by atoms with Crippen molar-refractivity contribution in [3.63, 3.8) is 0 Å². The summed E-state index contributed by atoms with van der Waals surface area (Å²) in [5.41, 5.74) is 1.29. The van der Waals surface area contributed by atoms with Gasteiger partial charge in [-0.2, -0.15) is 0 Å². The highest BCUT2D eigenvalue weighted by molar-refractivity contribution is 5.84. The van der Waals surface area contributed by atoms with Crippen molar-refractivity contribution in [3.8, 4) is 5.75 Å². The van der Waals surface area contributed by atoms with Gasteiger partial charge in [-0.15, -0.1) is 0 Å². The van der Waals surface area contributed by atoms with Crippen LogP contribution in [0.5, 0.6) is 5.75 Å². The second kappa shape index (κ2) is 8.73. The molecule has 0 heterocycles. The van der Waals surface area contributed by atoms with Crippen LogP contribution in [0, 0.1) is 0 Å². The SMILES string of the molecule is COC(=O)[C@@H](OC(=O)[C@@H](C)Nc1ccc(OC)cc1)c1ccccc1. The summed E-state index contributed by atoms with van der Waals surface area (Å²) in [4.78, 5) is 24.3. The molecule has 0 aliphatic heterocycles. The van der Waals surface area contributed by atoms with Crippen molar-refractivity contribution < 1.29 is 23.8 Å². The van der Waals surface area contributed by atoms with Crippen molar-refractivity contribution in [2.75, 3.05) is 19.5 Å².